The number of carbonyl (C=O) groups is 2. The Bertz CT molecular complexity index is 710. The summed E-state index contributed by atoms with van der Waals surface area (Å²) in [4.78, 5) is 24.7. The first-order valence-corrected chi connectivity index (χ1v) is 7.25. The van der Waals surface area contributed by atoms with Crippen LogP contribution in [0.5, 0.6) is 0 Å². The second-order valence-corrected chi connectivity index (χ2v) is 5.20. The summed E-state index contributed by atoms with van der Waals surface area (Å²) in [5, 5.41) is 13.2. The predicted octanol–water partition coefficient (Wildman–Crippen LogP) is 2.26. The zero-order valence-corrected chi connectivity index (χ0v) is 13.0. The van der Waals surface area contributed by atoms with E-state index in [4.69, 9.17) is 5.11 Å². The van der Waals surface area contributed by atoms with Gasteiger partial charge in [-0.05, 0) is 37.6 Å². The Kier molecular flexibility index (Phi) is 5.10. The quantitative estimate of drug-likeness (QED) is 0.886. The number of aromatic nitrogens is 2. The molecule has 1 aromatic carbocycles. The maximum atomic E-state index is 13.0. The van der Waals surface area contributed by atoms with Crippen molar-refractivity contribution in [3.8, 4) is 5.69 Å². The van der Waals surface area contributed by atoms with Crippen molar-refractivity contribution in [2.24, 2.45) is 0 Å². The van der Waals surface area contributed by atoms with Gasteiger partial charge in [0.15, 0.2) is 5.69 Å². The SMILES string of the molecule is CCCN(CC(=O)O)C(=O)c1nn(-c2ccc(F)cc2)cc1C. The van der Waals surface area contributed by atoms with Crippen LogP contribution in [0, 0.1) is 12.7 Å². The molecule has 0 aliphatic rings. The van der Waals surface area contributed by atoms with Crippen molar-refractivity contribution in [2.45, 2.75) is 20.3 Å². The number of hydrogen-bond donors (Lipinski definition) is 1. The van der Waals surface area contributed by atoms with Gasteiger partial charge in [0.05, 0.1) is 5.69 Å². The van der Waals surface area contributed by atoms with E-state index in [-0.39, 0.29) is 18.1 Å². The Balaban J connectivity index is 2.30. The third-order valence-corrected chi connectivity index (χ3v) is 3.30. The van der Waals surface area contributed by atoms with Crippen LogP contribution in [0.1, 0.15) is 29.4 Å². The highest BCUT2D eigenvalue weighted by molar-refractivity contribution is 5.95. The van der Waals surface area contributed by atoms with Crippen LogP contribution in [-0.2, 0) is 4.79 Å². The molecule has 0 unspecified atom stereocenters. The third-order valence-electron chi connectivity index (χ3n) is 3.30. The molecule has 0 aliphatic carbocycles. The van der Waals surface area contributed by atoms with Crippen LogP contribution in [0.15, 0.2) is 30.5 Å². The van der Waals surface area contributed by atoms with Gasteiger partial charge in [0.1, 0.15) is 12.4 Å². The van der Waals surface area contributed by atoms with Crippen molar-refractivity contribution < 1.29 is 19.1 Å². The van der Waals surface area contributed by atoms with Crippen molar-refractivity contribution in [3.63, 3.8) is 0 Å². The first-order chi connectivity index (χ1) is 10.9. The van der Waals surface area contributed by atoms with Gasteiger partial charge in [-0.2, -0.15) is 5.10 Å². The van der Waals surface area contributed by atoms with E-state index in [1.165, 1.54) is 21.7 Å². The lowest BCUT2D eigenvalue weighted by Crippen LogP contribution is -2.36. The molecule has 23 heavy (non-hydrogen) atoms. The molecule has 0 bridgehead atoms. The fourth-order valence-corrected chi connectivity index (χ4v) is 2.23. The summed E-state index contributed by atoms with van der Waals surface area (Å²) in [5.74, 6) is -1.85. The van der Waals surface area contributed by atoms with Gasteiger partial charge in [-0.1, -0.05) is 6.92 Å². The van der Waals surface area contributed by atoms with Crippen molar-refractivity contribution >= 4 is 11.9 Å². The largest absolute Gasteiger partial charge is 0.480 e. The first kappa shape index (κ1) is 16.7. The van der Waals surface area contributed by atoms with E-state index in [9.17, 15) is 14.0 Å². The summed E-state index contributed by atoms with van der Waals surface area (Å²) in [7, 11) is 0. The molecule has 1 heterocycles. The number of halogens is 1. The molecule has 122 valence electrons. The number of rotatable bonds is 6. The van der Waals surface area contributed by atoms with Crippen LogP contribution in [0.4, 0.5) is 4.39 Å². The molecule has 0 aliphatic heterocycles. The topological polar surface area (TPSA) is 75.4 Å². The molecular formula is C16H18FN3O3. The lowest BCUT2D eigenvalue weighted by Gasteiger charge is -2.18. The molecule has 7 heteroatoms. The molecule has 2 rings (SSSR count). The summed E-state index contributed by atoms with van der Waals surface area (Å²) in [5.41, 5.74) is 1.45. The molecule has 0 spiro atoms. The minimum Gasteiger partial charge on any atom is -0.480 e. The van der Waals surface area contributed by atoms with Crippen LogP contribution < -0.4 is 0 Å². The zero-order valence-electron chi connectivity index (χ0n) is 13.0. The molecule has 1 N–H and O–H groups in total. The minimum absolute atomic E-state index is 0.198. The predicted molar refractivity (Wildman–Crippen MR) is 82.1 cm³/mol. The second-order valence-electron chi connectivity index (χ2n) is 5.20. The molecule has 0 atom stereocenters. The number of carboxylic acid groups (broad SMARTS) is 1. The van der Waals surface area contributed by atoms with Crippen molar-refractivity contribution in [3.05, 3.63) is 47.5 Å². The van der Waals surface area contributed by atoms with Crippen molar-refractivity contribution in [2.75, 3.05) is 13.1 Å². The summed E-state index contributed by atoms with van der Waals surface area (Å²) in [6.45, 7) is 3.57. The average Bonchev–Trinajstić information content (AvgIpc) is 2.88. The minimum atomic E-state index is -1.07. The fraction of sp³-hybridized carbons (Fsp3) is 0.312. The van der Waals surface area contributed by atoms with E-state index in [1.807, 2.05) is 6.92 Å². The molecule has 0 saturated carbocycles. The second kappa shape index (κ2) is 7.04. The number of aryl methyl sites for hydroxylation is 1. The van der Waals surface area contributed by atoms with Gasteiger partial charge < -0.3 is 10.0 Å². The standard InChI is InChI=1S/C16H18FN3O3/c1-3-8-19(10-14(21)22)16(23)15-11(2)9-20(18-15)13-6-4-12(17)5-7-13/h4-7,9H,3,8,10H2,1-2H3,(H,21,22). The van der Waals surface area contributed by atoms with Crippen LogP contribution in [0.2, 0.25) is 0 Å². The Labute approximate surface area is 133 Å². The van der Waals surface area contributed by atoms with E-state index < -0.39 is 11.9 Å². The Morgan fingerprint density at radius 1 is 1.30 bits per heavy atom. The number of nitrogens with zero attached hydrogens (tertiary/aromatic N) is 3. The van der Waals surface area contributed by atoms with E-state index in [0.29, 0.717) is 24.2 Å². The maximum absolute atomic E-state index is 13.0. The Hall–Kier alpha value is -2.70. The molecule has 1 aromatic heterocycles. The van der Waals surface area contributed by atoms with Gasteiger partial charge in [0.2, 0.25) is 0 Å². The average molecular weight is 319 g/mol. The summed E-state index contributed by atoms with van der Waals surface area (Å²) >= 11 is 0. The normalized spacial score (nSPS) is 10.6. The van der Waals surface area contributed by atoms with E-state index in [1.54, 1.807) is 25.3 Å². The summed E-state index contributed by atoms with van der Waals surface area (Å²) in [6, 6.07) is 5.72. The highest BCUT2D eigenvalue weighted by Crippen LogP contribution is 2.14. The monoisotopic (exact) mass is 319 g/mol. The van der Waals surface area contributed by atoms with Gasteiger partial charge in [-0.25, -0.2) is 9.07 Å². The summed E-state index contributed by atoms with van der Waals surface area (Å²) < 4.78 is 14.5. The highest BCUT2D eigenvalue weighted by Gasteiger charge is 2.22. The Morgan fingerprint density at radius 2 is 1.96 bits per heavy atom. The van der Waals surface area contributed by atoms with Gasteiger partial charge >= 0.3 is 5.97 Å². The smallest absolute Gasteiger partial charge is 0.323 e. The van der Waals surface area contributed by atoms with Gasteiger partial charge in [-0.15, -0.1) is 0 Å². The molecule has 1 amide bonds. The number of carboxylic acids is 1. The zero-order chi connectivity index (χ0) is 17.0. The molecule has 0 saturated heterocycles. The van der Waals surface area contributed by atoms with E-state index >= 15 is 0 Å². The van der Waals surface area contributed by atoms with Crippen LogP contribution in [-0.4, -0.2) is 44.8 Å². The number of amides is 1. The van der Waals surface area contributed by atoms with Gasteiger partial charge in [0, 0.05) is 18.3 Å². The Morgan fingerprint density at radius 3 is 2.52 bits per heavy atom. The van der Waals surface area contributed by atoms with E-state index in [2.05, 4.69) is 5.10 Å². The van der Waals surface area contributed by atoms with E-state index in [0.717, 1.165) is 0 Å². The number of benzene rings is 1. The molecule has 0 radical (unpaired) electrons. The molecule has 2 aromatic rings. The molecular weight excluding hydrogens is 301 g/mol. The number of carbonyl (C=O) groups excluding carboxylic acids is 1. The van der Waals surface area contributed by atoms with Crippen molar-refractivity contribution in [1.29, 1.82) is 0 Å². The lowest BCUT2D eigenvalue weighted by molar-refractivity contribution is -0.137. The van der Waals surface area contributed by atoms with Crippen LogP contribution >= 0.6 is 0 Å². The summed E-state index contributed by atoms with van der Waals surface area (Å²) in [6.07, 6.45) is 2.31. The van der Waals surface area contributed by atoms with Crippen molar-refractivity contribution in [1.82, 2.24) is 14.7 Å². The molecule has 6 nitrogen and oxygen atoms in total. The maximum Gasteiger partial charge on any atom is 0.323 e. The third kappa shape index (κ3) is 3.94. The fourth-order valence-electron chi connectivity index (χ4n) is 2.23. The number of hydrogen-bond acceptors (Lipinski definition) is 3. The lowest BCUT2D eigenvalue weighted by atomic mass is 10.2. The first-order valence-electron chi connectivity index (χ1n) is 7.25. The van der Waals surface area contributed by atoms with Crippen LogP contribution in [0.3, 0.4) is 0 Å². The van der Waals surface area contributed by atoms with Gasteiger partial charge in [-0.3, -0.25) is 9.59 Å². The van der Waals surface area contributed by atoms with Gasteiger partial charge in [0.25, 0.3) is 5.91 Å². The molecule has 0 fully saturated rings. The number of aliphatic carboxylic acids is 1. The van der Waals surface area contributed by atoms with Crippen LogP contribution in [0.25, 0.3) is 5.69 Å². The highest BCUT2D eigenvalue weighted by atomic mass is 19.1.